The second-order valence-electron chi connectivity index (χ2n) is 3.54. The van der Waals surface area contributed by atoms with Crippen molar-refractivity contribution in [3.05, 3.63) is 24.0 Å². The van der Waals surface area contributed by atoms with Crippen LogP contribution in [-0.2, 0) is 0 Å². The van der Waals surface area contributed by atoms with Gasteiger partial charge in [0.1, 0.15) is 22.4 Å². The van der Waals surface area contributed by atoms with Gasteiger partial charge in [-0.2, -0.15) is 0 Å². The highest BCUT2D eigenvalue weighted by molar-refractivity contribution is 7.16. The molecule has 0 aliphatic rings. The standard InChI is InChI=1S/C10H4N6OS/c1-5(13-15-9-7(1)11-3-17-9)6-2-8-10(16-14-6)18-4-12-8/h1-4H. The Kier molecular flexibility index (Phi) is 1.86. The zero-order valence-corrected chi connectivity index (χ0v) is 9.63. The Hall–Kier alpha value is -2.48. The quantitative estimate of drug-likeness (QED) is 0.511. The number of nitrogens with zero attached hydrogens (tertiary/aromatic N) is 6. The molecule has 0 aliphatic carbocycles. The van der Waals surface area contributed by atoms with Gasteiger partial charge in [-0.25, -0.2) is 9.97 Å². The summed E-state index contributed by atoms with van der Waals surface area (Å²) < 4.78 is 5.04. The van der Waals surface area contributed by atoms with Gasteiger partial charge in [-0.05, 0) is 12.1 Å². The van der Waals surface area contributed by atoms with Crippen LogP contribution in [0.5, 0.6) is 0 Å². The average Bonchev–Trinajstić information content (AvgIpc) is 3.05. The van der Waals surface area contributed by atoms with E-state index in [1.54, 1.807) is 11.6 Å². The monoisotopic (exact) mass is 256 g/mol. The van der Waals surface area contributed by atoms with Gasteiger partial charge in [-0.1, -0.05) is 0 Å². The van der Waals surface area contributed by atoms with E-state index in [1.807, 2.05) is 6.07 Å². The first-order chi connectivity index (χ1) is 8.90. The summed E-state index contributed by atoms with van der Waals surface area (Å²) >= 11 is 1.45. The number of aromatic nitrogens is 6. The van der Waals surface area contributed by atoms with Gasteiger partial charge in [0.15, 0.2) is 11.2 Å². The van der Waals surface area contributed by atoms with Crippen LogP contribution < -0.4 is 0 Å². The zero-order chi connectivity index (χ0) is 11.9. The second-order valence-corrected chi connectivity index (χ2v) is 4.38. The van der Waals surface area contributed by atoms with Gasteiger partial charge < -0.3 is 4.42 Å². The Morgan fingerprint density at radius 1 is 0.889 bits per heavy atom. The fraction of sp³-hybridized carbons (Fsp3) is 0. The third-order valence-corrected chi connectivity index (χ3v) is 3.18. The molecule has 0 aliphatic heterocycles. The van der Waals surface area contributed by atoms with Crippen molar-refractivity contribution in [2.45, 2.75) is 0 Å². The van der Waals surface area contributed by atoms with E-state index < -0.39 is 0 Å². The Balaban J connectivity index is 1.93. The summed E-state index contributed by atoms with van der Waals surface area (Å²) in [6, 6.07) is 3.59. The highest BCUT2D eigenvalue weighted by Crippen LogP contribution is 2.21. The predicted octanol–water partition coefficient (Wildman–Crippen LogP) is 1.68. The van der Waals surface area contributed by atoms with Gasteiger partial charge >= 0.3 is 0 Å². The Morgan fingerprint density at radius 3 is 2.67 bits per heavy atom. The van der Waals surface area contributed by atoms with E-state index >= 15 is 0 Å². The van der Waals surface area contributed by atoms with Gasteiger partial charge in [0, 0.05) is 0 Å². The van der Waals surface area contributed by atoms with Gasteiger partial charge in [-0.15, -0.1) is 31.7 Å². The van der Waals surface area contributed by atoms with Crippen LogP contribution in [0.25, 0.3) is 33.0 Å². The number of thiazole rings is 1. The molecule has 4 aromatic heterocycles. The van der Waals surface area contributed by atoms with Crippen molar-refractivity contribution in [1.29, 1.82) is 0 Å². The molecule has 4 heterocycles. The van der Waals surface area contributed by atoms with Crippen molar-refractivity contribution >= 4 is 32.9 Å². The lowest BCUT2D eigenvalue weighted by Crippen LogP contribution is -1.92. The van der Waals surface area contributed by atoms with Crippen molar-refractivity contribution in [3.63, 3.8) is 0 Å². The van der Waals surface area contributed by atoms with E-state index in [1.165, 1.54) is 17.7 Å². The maximum atomic E-state index is 5.04. The van der Waals surface area contributed by atoms with Crippen LogP contribution in [-0.4, -0.2) is 30.4 Å². The van der Waals surface area contributed by atoms with Crippen molar-refractivity contribution in [1.82, 2.24) is 30.4 Å². The molecule has 4 rings (SSSR count). The summed E-state index contributed by atoms with van der Waals surface area (Å²) in [5.41, 5.74) is 4.79. The molecular formula is C10H4N6OS. The molecule has 0 aromatic carbocycles. The summed E-state index contributed by atoms with van der Waals surface area (Å²) in [5, 5.41) is 16.1. The number of hydrogen-bond acceptors (Lipinski definition) is 8. The lowest BCUT2D eigenvalue weighted by atomic mass is 10.2. The van der Waals surface area contributed by atoms with Crippen LogP contribution in [0.15, 0.2) is 28.5 Å². The van der Waals surface area contributed by atoms with Crippen LogP contribution in [0.2, 0.25) is 0 Å². The summed E-state index contributed by atoms with van der Waals surface area (Å²) in [6.45, 7) is 0. The number of oxazole rings is 1. The molecule has 0 amide bonds. The molecule has 0 fully saturated rings. The van der Waals surface area contributed by atoms with E-state index in [9.17, 15) is 0 Å². The van der Waals surface area contributed by atoms with E-state index in [0.717, 1.165) is 10.3 Å². The number of hydrogen-bond donors (Lipinski definition) is 0. The second kappa shape index (κ2) is 3.50. The van der Waals surface area contributed by atoms with Gasteiger partial charge in [0.2, 0.25) is 0 Å². The summed E-state index contributed by atoms with van der Waals surface area (Å²) in [4.78, 5) is 9.02. The Morgan fingerprint density at radius 2 is 1.72 bits per heavy atom. The molecule has 0 atom stereocenters. The molecule has 86 valence electrons. The van der Waals surface area contributed by atoms with Crippen molar-refractivity contribution < 1.29 is 4.42 Å². The normalized spacial score (nSPS) is 11.3. The summed E-state index contributed by atoms with van der Waals surface area (Å²) in [5.74, 6) is 0. The summed E-state index contributed by atoms with van der Waals surface area (Å²) in [6.07, 6.45) is 1.33. The molecule has 0 N–H and O–H groups in total. The lowest BCUT2D eigenvalue weighted by Gasteiger charge is -1.96. The molecule has 18 heavy (non-hydrogen) atoms. The Labute approximate surface area is 104 Å². The van der Waals surface area contributed by atoms with Crippen molar-refractivity contribution in [3.8, 4) is 11.4 Å². The Bertz CT molecular complexity index is 781. The highest BCUT2D eigenvalue weighted by atomic mass is 32.1. The first-order valence-corrected chi connectivity index (χ1v) is 5.92. The average molecular weight is 256 g/mol. The van der Waals surface area contributed by atoms with Crippen LogP contribution in [0.3, 0.4) is 0 Å². The number of rotatable bonds is 1. The van der Waals surface area contributed by atoms with E-state index in [0.29, 0.717) is 22.6 Å². The lowest BCUT2D eigenvalue weighted by molar-refractivity contribution is 0.585. The fourth-order valence-corrected chi connectivity index (χ4v) is 2.20. The molecule has 0 unspecified atom stereocenters. The maximum absolute atomic E-state index is 5.04. The summed E-state index contributed by atoms with van der Waals surface area (Å²) in [7, 11) is 0. The minimum Gasteiger partial charge on any atom is -0.424 e. The molecule has 0 saturated carbocycles. The minimum atomic E-state index is 0.404. The molecule has 7 nitrogen and oxygen atoms in total. The van der Waals surface area contributed by atoms with Gasteiger partial charge in [0.05, 0.1) is 5.51 Å². The van der Waals surface area contributed by atoms with Crippen molar-refractivity contribution in [2.24, 2.45) is 0 Å². The minimum absolute atomic E-state index is 0.404. The maximum Gasteiger partial charge on any atom is 0.266 e. The molecule has 8 heteroatoms. The van der Waals surface area contributed by atoms with Crippen LogP contribution in [0.1, 0.15) is 0 Å². The third kappa shape index (κ3) is 1.36. The highest BCUT2D eigenvalue weighted by Gasteiger charge is 2.09. The molecular weight excluding hydrogens is 252 g/mol. The third-order valence-electron chi connectivity index (χ3n) is 2.46. The zero-order valence-electron chi connectivity index (χ0n) is 8.81. The first kappa shape index (κ1) is 9.54. The molecule has 0 saturated heterocycles. The van der Waals surface area contributed by atoms with Gasteiger partial charge in [0.25, 0.3) is 5.71 Å². The van der Waals surface area contributed by atoms with E-state index in [2.05, 4.69) is 30.4 Å². The van der Waals surface area contributed by atoms with Crippen molar-refractivity contribution in [2.75, 3.05) is 0 Å². The number of fused-ring (bicyclic) bond motifs is 2. The van der Waals surface area contributed by atoms with Crippen LogP contribution >= 0.6 is 11.3 Å². The predicted molar refractivity (Wildman–Crippen MR) is 63.8 cm³/mol. The largest absolute Gasteiger partial charge is 0.424 e. The first-order valence-electron chi connectivity index (χ1n) is 5.04. The smallest absolute Gasteiger partial charge is 0.266 e. The molecule has 4 aromatic rings. The fourth-order valence-electron chi connectivity index (χ4n) is 1.61. The van der Waals surface area contributed by atoms with Crippen LogP contribution in [0, 0.1) is 0 Å². The van der Waals surface area contributed by atoms with E-state index in [4.69, 9.17) is 4.42 Å². The van der Waals surface area contributed by atoms with Crippen LogP contribution in [0.4, 0.5) is 0 Å². The molecule has 0 spiro atoms. The van der Waals surface area contributed by atoms with E-state index in [-0.39, 0.29) is 0 Å². The molecule has 0 bridgehead atoms. The SMILES string of the molecule is c1nc2cc(-c3cc4ncsc4nn3)nnc2o1. The van der Waals surface area contributed by atoms with Gasteiger partial charge in [-0.3, -0.25) is 0 Å². The molecule has 0 radical (unpaired) electrons. The topological polar surface area (TPSA) is 90.5 Å².